The van der Waals surface area contributed by atoms with Gasteiger partial charge in [0.05, 0.1) is 12.2 Å². The molecule has 3 saturated heterocycles. The van der Waals surface area contributed by atoms with E-state index >= 15 is 0 Å². The highest BCUT2D eigenvalue weighted by atomic mass is 16.5. The Hall–Kier alpha value is -0.200. The molecule has 4 atom stereocenters. The SMILES string of the molecule is CC(C)N1CC(OCCC(C)N2CCC(CC(C)N3CCC(O)C3)C2)C1. The van der Waals surface area contributed by atoms with Crippen LogP contribution in [0, 0.1) is 5.92 Å². The Morgan fingerprint density at radius 1 is 0.885 bits per heavy atom. The van der Waals surface area contributed by atoms with Gasteiger partial charge in [0.15, 0.2) is 0 Å². The van der Waals surface area contributed by atoms with Gasteiger partial charge in [-0.3, -0.25) is 9.80 Å². The largest absolute Gasteiger partial charge is 0.392 e. The number of aliphatic hydroxyl groups excluding tert-OH is 1. The van der Waals surface area contributed by atoms with Gasteiger partial charge in [-0.2, -0.15) is 0 Å². The van der Waals surface area contributed by atoms with E-state index in [1.807, 2.05) is 0 Å². The molecule has 3 rings (SSSR count). The number of hydrogen-bond acceptors (Lipinski definition) is 5. The Labute approximate surface area is 160 Å². The molecule has 3 heterocycles. The Morgan fingerprint density at radius 3 is 2.23 bits per heavy atom. The Balaban J connectivity index is 1.28. The number of ether oxygens (including phenoxy) is 1. The molecule has 4 unspecified atom stereocenters. The Morgan fingerprint density at radius 2 is 1.58 bits per heavy atom. The van der Waals surface area contributed by atoms with Crippen LogP contribution in [0.4, 0.5) is 0 Å². The molecule has 5 heteroatoms. The minimum absolute atomic E-state index is 0.0965. The molecule has 0 bridgehead atoms. The topological polar surface area (TPSA) is 39.2 Å². The van der Waals surface area contributed by atoms with Gasteiger partial charge in [0, 0.05) is 57.5 Å². The molecular weight excluding hydrogens is 326 g/mol. The molecule has 152 valence electrons. The summed E-state index contributed by atoms with van der Waals surface area (Å²) in [5.41, 5.74) is 0. The molecule has 26 heavy (non-hydrogen) atoms. The zero-order valence-electron chi connectivity index (χ0n) is 17.4. The maximum atomic E-state index is 9.74. The molecular formula is C21H41N3O2. The van der Waals surface area contributed by atoms with Crippen LogP contribution < -0.4 is 0 Å². The third-order valence-electron chi connectivity index (χ3n) is 6.93. The van der Waals surface area contributed by atoms with E-state index in [4.69, 9.17) is 4.74 Å². The van der Waals surface area contributed by atoms with Crippen LogP contribution in [0.3, 0.4) is 0 Å². The van der Waals surface area contributed by atoms with Gasteiger partial charge in [-0.05, 0) is 65.8 Å². The molecule has 3 aliphatic heterocycles. The smallest absolute Gasteiger partial charge is 0.0828 e. The van der Waals surface area contributed by atoms with Gasteiger partial charge >= 0.3 is 0 Å². The monoisotopic (exact) mass is 367 g/mol. The number of hydrogen-bond donors (Lipinski definition) is 1. The predicted octanol–water partition coefficient (Wildman–Crippen LogP) is 2.04. The highest BCUT2D eigenvalue weighted by molar-refractivity contribution is 4.86. The number of rotatable bonds is 9. The molecule has 0 saturated carbocycles. The van der Waals surface area contributed by atoms with E-state index in [0.717, 1.165) is 51.5 Å². The van der Waals surface area contributed by atoms with E-state index in [9.17, 15) is 5.11 Å². The van der Waals surface area contributed by atoms with E-state index in [0.29, 0.717) is 24.2 Å². The third-order valence-corrected chi connectivity index (χ3v) is 6.93. The van der Waals surface area contributed by atoms with Gasteiger partial charge in [-0.1, -0.05) is 0 Å². The number of likely N-dealkylation sites (tertiary alicyclic amines) is 3. The summed E-state index contributed by atoms with van der Waals surface area (Å²) in [6.45, 7) is 16.8. The maximum Gasteiger partial charge on any atom is 0.0828 e. The fourth-order valence-corrected chi connectivity index (χ4v) is 4.84. The van der Waals surface area contributed by atoms with Gasteiger partial charge in [0.25, 0.3) is 0 Å². The van der Waals surface area contributed by atoms with Crippen molar-refractivity contribution in [3.63, 3.8) is 0 Å². The lowest BCUT2D eigenvalue weighted by Crippen LogP contribution is -2.55. The van der Waals surface area contributed by atoms with Crippen LogP contribution in [0.15, 0.2) is 0 Å². The van der Waals surface area contributed by atoms with Crippen LogP contribution in [-0.2, 0) is 4.74 Å². The van der Waals surface area contributed by atoms with E-state index in [1.165, 1.54) is 25.9 Å². The Bertz CT molecular complexity index is 427. The van der Waals surface area contributed by atoms with Crippen LogP contribution in [0.1, 0.15) is 53.4 Å². The van der Waals surface area contributed by atoms with Crippen molar-refractivity contribution in [2.45, 2.75) is 83.7 Å². The second-order valence-electron chi connectivity index (χ2n) is 9.35. The molecule has 3 aliphatic rings. The van der Waals surface area contributed by atoms with Crippen LogP contribution in [-0.4, -0.2) is 96.0 Å². The van der Waals surface area contributed by atoms with Crippen molar-refractivity contribution < 1.29 is 9.84 Å². The summed E-state index contributed by atoms with van der Waals surface area (Å²) in [5, 5.41) is 9.74. The van der Waals surface area contributed by atoms with Crippen LogP contribution in [0.25, 0.3) is 0 Å². The van der Waals surface area contributed by atoms with Gasteiger partial charge in [-0.15, -0.1) is 0 Å². The highest BCUT2D eigenvalue weighted by Gasteiger charge is 2.32. The van der Waals surface area contributed by atoms with Crippen molar-refractivity contribution in [3.8, 4) is 0 Å². The minimum Gasteiger partial charge on any atom is -0.392 e. The summed E-state index contributed by atoms with van der Waals surface area (Å²) in [4.78, 5) is 7.62. The van der Waals surface area contributed by atoms with Gasteiger partial charge in [0.2, 0.25) is 0 Å². The molecule has 1 N–H and O–H groups in total. The first-order valence-electron chi connectivity index (χ1n) is 10.9. The second-order valence-corrected chi connectivity index (χ2v) is 9.35. The van der Waals surface area contributed by atoms with Crippen molar-refractivity contribution in [2.75, 3.05) is 45.9 Å². The van der Waals surface area contributed by atoms with Crippen LogP contribution >= 0.6 is 0 Å². The van der Waals surface area contributed by atoms with Crippen LogP contribution in [0.5, 0.6) is 0 Å². The van der Waals surface area contributed by atoms with Gasteiger partial charge in [0.1, 0.15) is 0 Å². The first kappa shape index (κ1) is 20.5. The molecule has 0 radical (unpaired) electrons. The fraction of sp³-hybridized carbons (Fsp3) is 1.00. The van der Waals surface area contributed by atoms with E-state index in [1.54, 1.807) is 0 Å². The summed E-state index contributed by atoms with van der Waals surface area (Å²) in [6.07, 6.45) is 5.08. The molecule has 0 spiro atoms. The number of nitrogens with zero attached hydrogens (tertiary/aromatic N) is 3. The number of aliphatic hydroxyl groups is 1. The number of β-amino-alcohol motifs (C(OH)–C–C–N with tert-alkyl or cyclic N) is 1. The van der Waals surface area contributed by atoms with Crippen molar-refractivity contribution in [3.05, 3.63) is 0 Å². The lowest BCUT2D eigenvalue weighted by molar-refractivity contribution is -0.0700. The minimum atomic E-state index is -0.0965. The van der Waals surface area contributed by atoms with Gasteiger partial charge < -0.3 is 14.7 Å². The molecule has 0 aromatic heterocycles. The van der Waals surface area contributed by atoms with E-state index in [2.05, 4.69) is 42.4 Å². The van der Waals surface area contributed by atoms with Crippen molar-refractivity contribution in [1.82, 2.24) is 14.7 Å². The van der Waals surface area contributed by atoms with E-state index in [-0.39, 0.29) is 6.10 Å². The average molecular weight is 368 g/mol. The second kappa shape index (κ2) is 9.33. The quantitative estimate of drug-likeness (QED) is 0.675. The van der Waals surface area contributed by atoms with Gasteiger partial charge in [-0.25, -0.2) is 0 Å². The maximum absolute atomic E-state index is 9.74. The highest BCUT2D eigenvalue weighted by Crippen LogP contribution is 2.27. The summed E-state index contributed by atoms with van der Waals surface area (Å²) in [6, 6.07) is 1.89. The summed E-state index contributed by atoms with van der Waals surface area (Å²) >= 11 is 0. The normalized spacial score (nSPS) is 31.6. The summed E-state index contributed by atoms with van der Waals surface area (Å²) < 4.78 is 6.06. The molecule has 0 aliphatic carbocycles. The lowest BCUT2D eigenvalue weighted by Gasteiger charge is -2.41. The predicted molar refractivity (Wildman–Crippen MR) is 106 cm³/mol. The fourth-order valence-electron chi connectivity index (χ4n) is 4.84. The zero-order valence-corrected chi connectivity index (χ0v) is 17.4. The lowest BCUT2D eigenvalue weighted by atomic mass is 9.99. The molecule has 5 nitrogen and oxygen atoms in total. The van der Waals surface area contributed by atoms with Crippen molar-refractivity contribution in [2.24, 2.45) is 5.92 Å². The molecule has 3 fully saturated rings. The average Bonchev–Trinajstić information content (AvgIpc) is 3.18. The summed E-state index contributed by atoms with van der Waals surface area (Å²) in [5.74, 6) is 0.817. The van der Waals surface area contributed by atoms with E-state index < -0.39 is 0 Å². The van der Waals surface area contributed by atoms with Crippen molar-refractivity contribution in [1.29, 1.82) is 0 Å². The third kappa shape index (κ3) is 5.41. The summed E-state index contributed by atoms with van der Waals surface area (Å²) in [7, 11) is 0. The van der Waals surface area contributed by atoms with Crippen molar-refractivity contribution >= 4 is 0 Å². The molecule has 0 aromatic rings. The zero-order chi connectivity index (χ0) is 18.7. The van der Waals surface area contributed by atoms with Crippen LogP contribution in [0.2, 0.25) is 0 Å². The first-order valence-corrected chi connectivity index (χ1v) is 10.9. The molecule has 0 amide bonds. The standard InChI is InChI=1S/C21H41N3O2/c1-16(2)24-14-21(15-24)26-10-7-17(3)22-8-5-19(12-22)11-18(4)23-9-6-20(25)13-23/h16-21,25H,5-15H2,1-4H3. The first-order chi connectivity index (χ1) is 12.4. The Kier molecular flexibility index (Phi) is 7.37. The molecule has 0 aromatic carbocycles.